The molecular formula is C16H26N2S. The van der Waals surface area contributed by atoms with Crippen LogP contribution in [0.3, 0.4) is 0 Å². The molecule has 0 unspecified atom stereocenters. The lowest BCUT2D eigenvalue weighted by Crippen LogP contribution is -2.45. The number of hydrogen-bond acceptors (Lipinski definition) is 3. The molecule has 3 rings (SSSR count). The number of aryl methyl sites for hydroxylation is 2. The summed E-state index contributed by atoms with van der Waals surface area (Å²) in [7, 11) is 0. The average Bonchev–Trinajstić information content (AvgIpc) is 3.00. The molecule has 1 N–H and O–H groups in total. The van der Waals surface area contributed by atoms with Crippen molar-refractivity contribution in [3.63, 3.8) is 0 Å². The van der Waals surface area contributed by atoms with Crippen LogP contribution in [0.15, 0.2) is 0 Å². The summed E-state index contributed by atoms with van der Waals surface area (Å²) in [6.45, 7) is 5.78. The second-order valence-electron chi connectivity index (χ2n) is 6.43. The lowest BCUT2D eigenvalue weighted by atomic mass is 9.77. The van der Waals surface area contributed by atoms with E-state index in [1.165, 1.54) is 62.1 Å². The molecule has 1 saturated carbocycles. The van der Waals surface area contributed by atoms with Gasteiger partial charge in [-0.15, -0.1) is 11.3 Å². The van der Waals surface area contributed by atoms with Crippen molar-refractivity contribution < 1.29 is 0 Å². The lowest BCUT2D eigenvalue weighted by molar-refractivity contribution is 0.196. The first-order valence-electron chi connectivity index (χ1n) is 7.97. The maximum Gasteiger partial charge on any atom is 0.113 e. The second kappa shape index (κ2) is 5.53. The normalized spacial score (nSPS) is 30.5. The molecule has 19 heavy (non-hydrogen) atoms. The molecule has 3 heteroatoms. The van der Waals surface area contributed by atoms with Gasteiger partial charge in [0.05, 0.1) is 11.2 Å². The first-order chi connectivity index (χ1) is 9.23. The van der Waals surface area contributed by atoms with Gasteiger partial charge in [-0.1, -0.05) is 13.8 Å². The quantitative estimate of drug-likeness (QED) is 0.899. The predicted molar refractivity (Wildman–Crippen MR) is 81.7 cm³/mol. The van der Waals surface area contributed by atoms with Crippen molar-refractivity contribution in [1.82, 2.24) is 10.3 Å². The van der Waals surface area contributed by atoms with Crippen molar-refractivity contribution in [2.45, 2.75) is 70.8 Å². The van der Waals surface area contributed by atoms with E-state index >= 15 is 0 Å². The van der Waals surface area contributed by atoms with Gasteiger partial charge in [-0.3, -0.25) is 0 Å². The number of hydrogen-bond donors (Lipinski definition) is 1. The Morgan fingerprint density at radius 2 is 2.11 bits per heavy atom. The van der Waals surface area contributed by atoms with E-state index < -0.39 is 0 Å². The van der Waals surface area contributed by atoms with Gasteiger partial charge < -0.3 is 5.32 Å². The molecule has 0 aromatic carbocycles. The monoisotopic (exact) mass is 278 g/mol. The molecule has 0 atom stereocenters. The number of rotatable bonds is 4. The van der Waals surface area contributed by atoms with Gasteiger partial charge in [0, 0.05) is 4.88 Å². The minimum absolute atomic E-state index is 0.206. The first kappa shape index (κ1) is 13.6. The molecule has 0 aliphatic heterocycles. The summed E-state index contributed by atoms with van der Waals surface area (Å²) in [5.41, 5.74) is 1.62. The molecule has 0 radical (unpaired) electrons. The highest BCUT2D eigenvalue weighted by Gasteiger charge is 2.38. The topological polar surface area (TPSA) is 24.9 Å². The van der Waals surface area contributed by atoms with Crippen molar-refractivity contribution in [2.24, 2.45) is 5.92 Å². The number of fused-ring (bicyclic) bond motifs is 1. The fourth-order valence-electron chi connectivity index (χ4n) is 3.48. The van der Waals surface area contributed by atoms with Crippen LogP contribution in [-0.2, 0) is 18.4 Å². The van der Waals surface area contributed by atoms with Crippen LogP contribution in [0.2, 0.25) is 0 Å². The Kier molecular flexibility index (Phi) is 3.95. The fourth-order valence-corrected chi connectivity index (χ4v) is 4.85. The van der Waals surface area contributed by atoms with E-state index in [9.17, 15) is 0 Å². The molecule has 1 heterocycles. The van der Waals surface area contributed by atoms with Gasteiger partial charge in [-0.25, -0.2) is 4.98 Å². The van der Waals surface area contributed by atoms with Crippen molar-refractivity contribution >= 4 is 11.3 Å². The van der Waals surface area contributed by atoms with Gasteiger partial charge in [0.25, 0.3) is 0 Å². The molecule has 1 aromatic rings. The summed E-state index contributed by atoms with van der Waals surface area (Å²) in [5, 5.41) is 5.26. The van der Waals surface area contributed by atoms with Gasteiger partial charge in [-0.05, 0) is 63.8 Å². The third kappa shape index (κ3) is 2.59. The van der Waals surface area contributed by atoms with Crippen LogP contribution in [-0.4, -0.2) is 11.5 Å². The molecule has 0 amide bonds. The van der Waals surface area contributed by atoms with E-state index in [4.69, 9.17) is 4.98 Å². The zero-order valence-corrected chi connectivity index (χ0v) is 13.1. The number of nitrogens with zero attached hydrogens (tertiary/aromatic N) is 1. The summed E-state index contributed by atoms with van der Waals surface area (Å²) in [4.78, 5) is 6.60. The maximum atomic E-state index is 5.02. The van der Waals surface area contributed by atoms with Gasteiger partial charge >= 0.3 is 0 Å². The van der Waals surface area contributed by atoms with Crippen molar-refractivity contribution in [2.75, 3.05) is 6.54 Å². The average molecular weight is 278 g/mol. The van der Waals surface area contributed by atoms with Crippen LogP contribution in [0.1, 0.15) is 68.0 Å². The highest BCUT2D eigenvalue weighted by molar-refractivity contribution is 7.12. The van der Waals surface area contributed by atoms with Crippen LogP contribution in [0.5, 0.6) is 0 Å². The van der Waals surface area contributed by atoms with Crippen LogP contribution in [0, 0.1) is 5.92 Å². The molecule has 0 bridgehead atoms. The Bertz CT molecular complexity index is 403. The third-order valence-corrected chi connectivity index (χ3v) is 6.21. The van der Waals surface area contributed by atoms with E-state index in [1.807, 2.05) is 11.3 Å². The standard InChI is InChI=1S/C16H26N2S/c1-3-11-17-16(9-7-12(2)8-10-16)15-18-13-5-4-6-14(13)19-15/h12,17H,3-11H2,1-2H3. The van der Waals surface area contributed by atoms with Gasteiger partial charge in [0.1, 0.15) is 5.01 Å². The first-order valence-corrected chi connectivity index (χ1v) is 8.79. The predicted octanol–water partition coefficient (Wildman–Crippen LogP) is 4.04. The smallest absolute Gasteiger partial charge is 0.113 e. The largest absolute Gasteiger partial charge is 0.305 e. The summed E-state index contributed by atoms with van der Waals surface area (Å²) in [5.74, 6) is 0.892. The molecule has 106 valence electrons. The minimum atomic E-state index is 0.206. The summed E-state index contributed by atoms with van der Waals surface area (Å²) in [6.07, 6.45) is 10.3. The van der Waals surface area contributed by atoms with Crippen molar-refractivity contribution in [3.05, 3.63) is 15.6 Å². The number of aromatic nitrogens is 1. The van der Waals surface area contributed by atoms with E-state index in [2.05, 4.69) is 19.2 Å². The Hall–Kier alpha value is -0.410. The highest BCUT2D eigenvalue weighted by Crippen LogP contribution is 2.43. The maximum absolute atomic E-state index is 5.02. The molecule has 2 aliphatic rings. The van der Waals surface area contributed by atoms with Crippen LogP contribution in [0.4, 0.5) is 0 Å². The molecule has 2 nitrogen and oxygen atoms in total. The Balaban J connectivity index is 1.85. The number of thiazole rings is 1. The fraction of sp³-hybridized carbons (Fsp3) is 0.812. The number of nitrogens with one attached hydrogen (secondary N) is 1. The Labute approximate surface area is 121 Å². The van der Waals surface area contributed by atoms with Gasteiger partial charge in [0.2, 0.25) is 0 Å². The zero-order chi connectivity index (χ0) is 13.3. The Morgan fingerprint density at radius 3 is 2.79 bits per heavy atom. The van der Waals surface area contributed by atoms with Crippen LogP contribution in [0.25, 0.3) is 0 Å². The second-order valence-corrected chi connectivity index (χ2v) is 7.52. The third-order valence-electron chi connectivity index (χ3n) is 4.85. The summed E-state index contributed by atoms with van der Waals surface area (Å²) < 4.78 is 0. The van der Waals surface area contributed by atoms with E-state index in [-0.39, 0.29) is 5.54 Å². The summed E-state index contributed by atoms with van der Waals surface area (Å²) in [6, 6.07) is 0. The van der Waals surface area contributed by atoms with E-state index in [0.29, 0.717) is 0 Å². The molecule has 0 spiro atoms. The van der Waals surface area contributed by atoms with Crippen molar-refractivity contribution in [3.8, 4) is 0 Å². The van der Waals surface area contributed by atoms with Gasteiger partial charge in [0.15, 0.2) is 0 Å². The SMILES string of the molecule is CCCNC1(c2nc3c(s2)CCC3)CCC(C)CC1. The van der Waals surface area contributed by atoms with E-state index in [0.717, 1.165) is 12.5 Å². The molecule has 1 aromatic heterocycles. The van der Waals surface area contributed by atoms with Crippen molar-refractivity contribution in [1.29, 1.82) is 0 Å². The summed E-state index contributed by atoms with van der Waals surface area (Å²) >= 11 is 2.01. The minimum Gasteiger partial charge on any atom is -0.305 e. The highest BCUT2D eigenvalue weighted by atomic mass is 32.1. The van der Waals surface area contributed by atoms with Gasteiger partial charge in [-0.2, -0.15) is 0 Å². The zero-order valence-electron chi connectivity index (χ0n) is 12.3. The van der Waals surface area contributed by atoms with E-state index in [1.54, 1.807) is 4.88 Å². The Morgan fingerprint density at radius 1 is 1.32 bits per heavy atom. The molecule has 1 fully saturated rings. The molecule has 0 saturated heterocycles. The molecular weight excluding hydrogens is 252 g/mol. The van der Waals surface area contributed by atoms with Crippen LogP contribution >= 0.6 is 11.3 Å². The van der Waals surface area contributed by atoms with Crippen LogP contribution < -0.4 is 5.32 Å². The lowest BCUT2D eigenvalue weighted by Gasteiger charge is -2.39. The molecule has 2 aliphatic carbocycles.